The van der Waals surface area contributed by atoms with E-state index in [1.165, 1.54) is 5.75 Å². The van der Waals surface area contributed by atoms with E-state index in [0.29, 0.717) is 16.5 Å². The maximum absolute atomic E-state index is 5.74. The van der Waals surface area contributed by atoms with E-state index in [-0.39, 0.29) is 5.60 Å². The van der Waals surface area contributed by atoms with Gasteiger partial charge in [0.15, 0.2) is 0 Å². The molecular weight excluding hydrogens is 264 g/mol. The van der Waals surface area contributed by atoms with Crippen molar-refractivity contribution in [3.63, 3.8) is 0 Å². The second-order valence-corrected chi connectivity index (χ2v) is 8.73. The molecular formula is C13H28N2OS2. The van der Waals surface area contributed by atoms with Gasteiger partial charge in [-0.15, -0.1) is 0 Å². The Labute approximate surface area is 120 Å². The van der Waals surface area contributed by atoms with Gasteiger partial charge in [0.25, 0.3) is 0 Å². The lowest BCUT2D eigenvalue weighted by Crippen LogP contribution is -2.47. The maximum atomic E-state index is 5.74. The fraction of sp³-hybridized carbons (Fsp3) is 1.00. The summed E-state index contributed by atoms with van der Waals surface area (Å²) in [5.41, 5.74) is 2.96. The van der Waals surface area contributed by atoms with Gasteiger partial charge in [0.2, 0.25) is 0 Å². The minimum Gasteiger partial charge on any atom is -0.379 e. The molecule has 0 bridgehead atoms. The SMILES string of the molecule is COC(C)(C)CCC(NN)C1CSC(C)C(C)S1. The van der Waals surface area contributed by atoms with Gasteiger partial charge in [0, 0.05) is 34.7 Å². The van der Waals surface area contributed by atoms with Crippen LogP contribution in [0.1, 0.15) is 40.5 Å². The zero-order chi connectivity index (χ0) is 13.8. The van der Waals surface area contributed by atoms with Gasteiger partial charge >= 0.3 is 0 Å². The summed E-state index contributed by atoms with van der Waals surface area (Å²) in [5.74, 6) is 6.93. The molecule has 3 nitrogen and oxygen atoms in total. The topological polar surface area (TPSA) is 47.3 Å². The highest BCUT2D eigenvalue weighted by Crippen LogP contribution is 2.38. The Morgan fingerprint density at radius 3 is 2.56 bits per heavy atom. The third-order valence-electron chi connectivity index (χ3n) is 3.85. The van der Waals surface area contributed by atoms with Gasteiger partial charge in [-0.25, -0.2) is 0 Å². The zero-order valence-electron chi connectivity index (χ0n) is 12.2. The molecule has 0 spiro atoms. The summed E-state index contributed by atoms with van der Waals surface area (Å²) in [4.78, 5) is 0. The number of hydrazine groups is 1. The number of hydrogen-bond donors (Lipinski definition) is 2. The Morgan fingerprint density at radius 1 is 1.39 bits per heavy atom. The van der Waals surface area contributed by atoms with E-state index < -0.39 is 0 Å². The molecule has 1 saturated heterocycles. The molecule has 0 aliphatic carbocycles. The molecule has 1 heterocycles. The first kappa shape index (κ1) is 16.6. The second kappa shape index (κ2) is 7.39. The van der Waals surface area contributed by atoms with Gasteiger partial charge in [-0.1, -0.05) is 13.8 Å². The minimum atomic E-state index is -0.0551. The monoisotopic (exact) mass is 292 g/mol. The highest BCUT2D eigenvalue weighted by molar-refractivity contribution is 8.07. The van der Waals surface area contributed by atoms with Crippen LogP contribution in [0.15, 0.2) is 0 Å². The number of nitrogens with two attached hydrogens (primary N) is 1. The highest BCUT2D eigenvalue weighted by atomic mass is 32.2. The summed E-state index contributed by atoms with van der Waals surface area (Å²) >= 11 is 4.15. The standard InChI is InChI=1S/C13H28N2OS2/c1-9-10(2)18-12(8-17-9)11(15-14)6-7-13(3,4)16-5/h9-12,15H,6-8,14H2,1-5H3. The molecule has 5 heteroatoms. The maximum Gasteiger partial charge on any atom is 0.0623 e. The Balaban J connectivity index is 2.46. The Morgan fingerprint density at radius 2 is 2.06 bits per heavy atom. The van der Waals surface area contributed by atoms with Gasteiger partial charge in [-0.3, -0.25) is 11.3 Å². The number of thioether (sulfide) groups is 2. The Bertz CT molecular complexity index is 251. The molecule has 1 aliphatic heterocycles. The van der Waals surface area contributed by atoms with E-state index in [1.807, 2.05) is 0 Å². The van der Waals surface area contributed by atoms with Crippen LogP contribution in [0.25, 0.3) is 0 Å². The lowest BCUT2D eigenvalue weighted by atomic mass is 9.98. The molecule has 0 saturated carbocycles. The van der Waals surface area contributed by atoms with Crippen LogP contribution in [0.5, 0.6) is 0 Å². The second-order valence-electron chi connectivity index (χ2n) is 5.69. The van der Waals surface area contributed by atoms with Gasteiger partial charge in [-0.05, 0) is 26.7 Å². The number of rotatable bonds is 6. The van der Waals surface area contributed by atoms with E-state index in [4.69, 9.17) is 10.6 Å². The molecule has 4 atom stereocenters. The lowest BCUT2D eigenvalue weighted by Gasteiger charge is -2.36. The van der Waals surface area contributed by atoms with Crippen LogP contribution in [0, 0.1) is 0 Å². The van der Waals surface area contributed by atoms with Crippen molar-refractivity contribution in [3.8, 4) is 0 Å². The molecule has 108 valence electrons. The van der Waals surface area contributed by atoms with Crippen LogP contribution in [0.4, 0.5) is 0 Å². The van der Waals surface area contributed by atoms with Crippen molar-refractivity contribution in [1.82, 2.24) is 5.43 Å². The summed E-state index contributed by atoms with van der Waals surface area (Å²) in [6.07, 6.45) is 2.10. The molecule has 18 heavy (non-hydrogen) atoms. The van der Waals surface area contributed by atoms with Crippen molar-refractivity contribution < 1.29 is 4.74 Å². The molecule has 0 aromatic rings. The largest absolute Gasteiger partial charge is 0.379 e. The van der Waals surface area contributed by atoms with Crippen LogP contribution in [0.2, 0.25) is 0 Å². The van der Waals surface area contributed by atoms with E-state index in [2.05, 4.69) is 56.6 Å². The smallest absolute Gasteiger partial charge is 0.0623 e. The van der Waals surface area contributed by atoms with Crippen LogP contribution in [-0.2, 0) is 4.74 Å². The number of nitrogens with one attached hydrogen (secondary N) is 1. The van der Waals surface area contributed by atoms with Gasteiger partial charge in [0.05, 0.1) is 5.60 Å². The summed E-state index contributed by atoms with van der Waals surface area (Å²) in [6, 6.07) is 0.381. The van der Waals surface area contributed by atoms with E-state index >= 15 is 0 Å². The van der Waals surface area contributed by atoms with Crippen molar-refractivity contribution in [3.05, 3.63) is 0 Å². The predicted octanol–water partition coefficient (Wildman–Crippen LogP) is 2.65. The molecule has 0 aromatic heterocycles. The van der Waals surface area contributed by atoms with E-state index in [9.17, 15) is 0 Å². The average molecular weight is 293 g/mol. The fourth-order valence-electron chi connectivity index (χ4n) is 2.00. The number of ether oxygens (including phenoxy) is 1. The van der Waals surface area contributed by atoms with Crippen molar-refractivity contribution in [2.45, 2.75) is 67.9 Å². The number of methoxy groups -OCH3 is 1. The van der Waals surface area contributed by atoms with Gasteiger partial charge in [-0.2, -0.15) is 23.5 Å². The Hall–Kier alpha value is 0.580. The van der Waals surface area contributed by atoms with Crippen molar-refractivity contribution in [2.24, 2.45) is 5.84 Å². The lowest BCUT2D eigenvalue weighted by molar-refractivity contribution is 0.0118. The molecule has 3 N–H and O–H groups in total. The van der Waals surface area contributed by atoms with Gasteiger partial charge < -0.3 is 4.74 Å². The van der Waals surface area contributed by atoms with Crippen LogP contribution in [0.3, 0.4) is 0 Å². The molecule has 1 rings (SSSR count). The van der Waals surface area contributed by atoms with Crippen molar-refractivity contribution >= 4 is 23.5 Å². The van der Waals surface area contributed by atoms with E-state index in [0.717, 1.165) is 18.1 Å². The highest BCUT2D eigenvalue weighted by Gasteiger charge is 2.31. The molecule has 4 unspecified atom stereocenters. The first-order valence-electron chi connectivity index (χ1n) is 6.68. The van der Waals surface area contributed by atoms with Crippen LogP contribution >= 0.6 is 23.5 Å². The summed E-state index contributed by atoms with van der Waals surface area (Å²) < 4.78 is 5.48. The quantitative estimate of drug-likeness (QED) is 0.582. The molecule has 0 amide bonds. The van der Waals surface area contributed by atoms with E-state index in [1.54, 1.807) is 7.11 Å². The van der Waals surface area contributed by atoms with Gasteiger partial charge in [0.1, 0.15) is 0 Å². The number of hydrogen-bond acceptors (Lipinski definition) is 5. The summed E-state index contributed by atoms with van der Waals surface area (Å²) in [6.45, 7) is 8.90. The minimum absolute atomic E-state index is 0.0551. The van der Waals surface area contributed by atoms with Crippen molar-refractivity contribution in [1.29, 1.82) is 0 Å². The summed E-state index contributed by atoms with van der Waals surface area (Å²) in [5, 5.41) is 2.07. The third kappa shape index (κ3) is 4.93. The first-order valence-corrected chi connectivity index (χ1v) is 8.67. The van der Waals surface area contributed by atoms with Crippen LogP contribution < -0.4 is 11.3 Å². The molecule has 1 fully saturated rings. The Kier molecular flexibility index (Phi) is 6.83. The summed E-state index contributed by atoms with van der Waals surface area (Å²) in [7, 11) is 1.78. The average Bonchev–Trinajstić information content (AvgIpc) is 2.34. The predicted molar refractivity (Wildman–Crippen MR) is 84.2 cm³/mol. The van der Waals surface area contributed by atoms with Crippen molar-refractivity contribution in [2.75, 3.05) is 12.9 Å². The molecule has 1 aliphatic rings. The first-order chi connectivity index (χ1) is 8.39. The third-order valence-corrected chi connectivity index (χ3v) is 7.40. The zero-order valence-corrected chi connectivity index (χ0v) is 13.9. The molecule has 0 radical (unpaired) electrons. The molecule has 0 aromatic carbocycles. The normalized spacial score (nSPS) is 31.3. The van der Waals surface area contributed by atoms with Crippen LogP contribution in [-0.4, -0.2) is 40.3 Å². The fourth-order valence-corrected chi connectivity index (χ4v) is 5.15.